The molecule has 2 saturated heterocycles. The fraction of sp³-hybridized carbons (Fsp3) is 0.517. The molecule has 43 heavy (non-hydrogen) atoms. The molecule has 2 unspecified atom stereocenters. The number of nitrogens with two attached hydrogens (primary N) is 1. The van der Waals surface area contributed by atoms with Crippen LogP contribution in [0.3, 0.4) is 0 Å². The van der Waals surface area contributed by atoms with Crippen LogP contribution in [0, 0.1) is 17.8 Å². The standard InChI is InChI=1S/C29H35ClF3N7O3/c1-16-7-10-40(38-16)20-13-17(30)5-6-18(20)23(29(31,32)33)43-22-14-21(36-26(34)37-22)39-11-8-28(9-12-39)15-19(24(41)42)35-25(28)27(2,3)4/h5-7,10,13-14,19,23,25,35H,8-9,11-12,15H2,1-4H3,(H,41,42)(H2,34,36,37)/t19?,23-,25?/m1/s1. The Kier molecular flexibility index (Phi) is 8.01. The maximum atomic E-state index is 14.5. The summed E-state index contributed by atoms with van der Waals surface area (Å²) in [5, 5.41) is 17.5. The van der Waals surface area contributed by atoms with E-state index in [0.29, 0.717) is 43.9 Å². The van der Waals surface area contributed by atoms with Crippen LogP contribution in [-0.2, 0) is 4.79 Å². The van der Waals surface area contributed by atoms with Crippen molar-refractivity contribution in [3.8, 4) is 11.6 Å². The van der Waals surface area contributed by atoms with Gasteiger partial charge in [-0.3, -0.25) is 4.79 Å². The molecule has 0 amide bonds. The van der Waals surface area contributed by atoms with E-state index in [2.05, 4.69) is 41.2 Å². The number of aliphatic carboxylic acids is 1. The molecule has 0 bridgehead atoms. The van der Waals surface area contributed by atoms with Gasteiger partial charge in [0.1, 0.15) is 11.9 Å². The minimum absolute atomic E-state index is 0.0164. The summed E-state index contributed by atoms with van der Waals surface area (Å²) in [6.45, 7) is 9.03. The molecule has 3 aromatic rings. The van der Waals surface area contributed by atoms with Crippen LogP contribution in [0.15, 0.2) is 36.5 Å². The lowest BCUT2D eigenvalue weighted by Crippen LogP contribution is -2.52. The van der Waals surface area contributed by atoms with Crippen molar-refractivity contribution in [1.29, 1.82) is 0 Å². The van der Waals surface area contributed by atoms with E-state index in [0.717, 1.165) is 0 Å². The number of ether oxygens (including phenoxy) is 1. The second kappa shape index (κ2) is 11.2. The van der Waals surface area contributed by atoms with E-state index in [1.807, 2.05) is 4.90 Å². The predicted molar refractivity (Wildman–Crippen MR) is 155 cm³/mol. The van der Waals surface area contributed by atoms with Crippen LogP contribution in [0.25, 0.3) is 5.69 Å². The van der Waals surface area contributed by atoms with Gasteiger partial charge >= 0.3 is 12.1 Å². The molecule has 5 rings (SSSR count). The van der Waals surface area contributed by atoms with Gasteiger partial charge in [0, 0.05) is 42.0 Å². The number of rotatable bonds is 6. The number of aryl methyl sites for hydroxylation is 1. The van der Waals surface area contributed by atoms with Crippen LogP contribution in [-0.4, -0.2) is 62.2 Å². The molecule has 1 aromatic carbocycles. The Balaban J connectivity index is 1.41. The Morgan fingerprint density at radius 3 is 2.47 bits per heavy atom. The van der Waals surface area contributed by atoms with Gasteiger partial charge in [0.2, 0.25) is 17.9 Å². The first-order valence-corrected chi connectivity index (χ1v) is 14.4. The number of aromatic nitrogens is 4. The third kappa shape index (κ3) is 6.37. The summed E-state index contributed by atoms with van der Waals surface area (Å²) >= 11 is 6.14. The fourth-order valence-corrected chi connectivity index (χ4v) is 6.69. The highest BCUT2D eigenvalue weighted by molar-refractivity contribution is 6.30. The fourth-order valence-electron chi connectivity index (χ4n) is 6.53. The van der Waals surface area contributed by atoms with E-state index in [9.17, 15) is 23.1 Å². The van der Waals surface area contributed by atoms with E-state index < -0.39 is 24.3 Å². The van der Waals surface area contributed by atoms with Gasteiger partial charge in [0.15, 0.2) is 0 Å². The van der Waals surface area contributed by atoms with Gasteiger partial charge < -0.3 is 25.8 Å². The molecule has 0 aliphatic carbocycles. The Morgan fingerprint density at radius 2 is 1.88 bits per heavy atom. The molecular formula is C29H35ClF3N7O3. The van der Waals surface area contributed by atoms with Gasteiger partial charge in [-0.2, -0.15) is 28.2 Å². The lowest BCUT2D eigenvalue weighted by atomic mass is 9.64. The third-order valence-corrected chi connectivity index (χ3v) is 8.56. The lowest BCUT2D eigenvalue weighted by molar-refractivity contribution is -0.198. The van der Waals surface area contributed by atoms with Crippen molar-refractivity contribution in [2.75, 3.05) is 23.7 Å². The zero-order chi connectivity index (χ0) is 31.3. The van der Waals surface area contributed by atoms with E-state index in [-0.39, 0.29) is 45.0 Å². The largest absolute Gasteiger partial charge is 0.480 e. The minimum Gasteiger partial charge on any atom is -0.480 e. The van der Waals surface area contributed by atoms with Crippen molar-refractivity contribution in [3.05, 3.63) is 52.8 Å². The van der Waals surface area contributed by atoms with E-state index in [1.165, 1.54) is 28.9 Å². The van der Waals surface area contributed by atoms with Gasteiger partial charge in [0.25, 0.3) is 0 Å². The molecular weight excluding hydrogens is 587 g/mol. The number of piperidine rings is 1. The first kappa shape index (κ1) is 30.9. The Morgan fingerprint density at radius 1 is 1.19 bits per heavy atom. The summed E-state index contributed by atoms with van der Waals surface area (Å²) in [7, 11) is 0. The summed E-state index contributed by atoms with van der Waals surface area (Å²) < 4.78 is 50.4. The average molecular weight is 622 g/mol. The number of nitrogens with zero attached hydrogens (tertiary/aromatic N) is 5. The Labute approximate surface area is 252 Å². The summed E-state index contributed by atoms with van der Waals surface area (Å²) in [6.07, 6.45) is -3.82. The summed E-state index contributed by atoms with van der Waals surface area (Å²) in [6, 6.07) is 6.39. The number of carbonyl (C=O) groups is 1. The first-order chi connectivity index (χ1) is 20.1. The molecule has 2 aromatic heterocycles. The normalized spacial score (nSPS) is 21.3. The minimum atomic E-state index is -4.82. The molecule has 2 fully saturated rings. The van der Waals surface area contributed by atoms with E-state index >= 15 is 0 Å². The van der Waals surface area contributed by atoms with Crippen molar-refractivity contribution < 1.29 is 27.8 Å². The Hall–Kier alpha value is -3.58. The van der Waals surface area contributed by atoms with Crippen molar-refractivity contribution in [2.24, 2.45) is 10.8 Å². The van der Waals surface area contributed by atoms with Crippen molar-refractivity contribution >= 4 is 29.3 Å². The van der Waals surface area contributed by atoms with Crippen LogP contribution >= 0.6 is 11.6 Å². The van der Waals surface area contributed by atoms with Crippen LogP contribution in [0.1, 0.15) is 57.4 Å². The summed E-state index contributed by atoms with van der Waals surface area (Å²) in [5.74, 6) is -1.09. The maximum Gasteiger partial charge on any atom is 0.429 e. The molecule has 2 aliphatic rings. The zero-order valence-corrected chi connectivity index (χ0v) is 25.1. The van der Waals surface area contributed by atoms with Crippen molar-refractivity contribution in [1.82, 2.24) is 25.1 Å². The maximum absolute atomic E-state index is 14.5. The SMILES string of the molecule is Cc1ccn(-c2cc(Cl)ccc2[C@@H](Oc2cc(N3CCC4(CC3)CC(C(=O)O)NC4C(C)(C)C)nc(N)n2)C(F)(F)F)n1. The van der Waals surface area contributed by atoms with Crippen molar-refractivity contribution in [2.45, 2.75) is 71.3 Å². The molecule has 0 saturated carbocycles. The number of nitrogen functional groups attached to an aromatic ring is 1. The van der Waals surface area contributed by atoms with E-state index in [1.54, 1.807) is 19.2 Å². The molecule has 14 heteroatoms. The highest BCUT2D eigenvalue weighted by atomic mass is 35.5. The van der Waals surface area contributed by atoms with Crippen LogP contribution in [0.4, 0.5) is 24.9 Å². The number of hydrogen-bond acceptors (Lipinski definition) is 8. The molecule has 1 spiro atoms. The zero-order valence-electron chi connectivity index (χ0n) is 24.3. The quantitative estimate of drug-likeness (QED) is 0.334. The number of alkyl halides is 3. The number of nitrogens with one attached hydrogen (secondary N) is 1. The second-order valence-corrected chi connectivity index (χ2v) is 12.9. The van der Waals surface area contributed by atoms with Gasteiger partial charge in [-0.15, -0.1) is 0 Å². The smallest absolute Gasteiger partial charge is 0.429 e. The summed E-state index contributed by atoms with van der Waals surface area (Å²) in [4.78, 5) is 22.0. The van der Waals surface area contributed by atoms with E-state index in [4.69, 9.17) is 22.1 Å². The summed E-state index contributed by atoms with van der Waals surface area (Å²) in [5.41, 5.74) is 6.08. The van der Waals surface area contributed by atoms with Gasteiger partial charge in [-0.1, -0.05) is 38.4 Å². The molecule has 0 radical (unpaired) electrons. The highest BCUT2D eigenvalue weighted by Crippen LogP contribution is 2.50. The lowest BCUT2D eigenvalue weighted by Gasteiger charge is -2.47. The molecule has 10 nitrogen and oxygen atoms in total. The molecule has 4 N–H and O–H groups in total. The molecule has 232 valence electrons. The number of hydrogen-bond donors (Lipinski definition) is 3. The molecule has 4 heterocycles. The monoisotopic (exact) mass is 621 g/mol. The molecule has 2 aliphatic heterocycles. The first-order valence-electron chi connectivity index (χ1n) is 14.0. The van der Waals surface area contributed by atoms with Crippen molar-refractivity contribution in [3.63, 3.8) is 0 Å². The highest BCUT2D eigenvalue weighted by Gasteiger charge is 2.54. The second-order valence-electron chi connectivity index (χ2n) is 12.5. The number of benzene rings is 1. The Bertz CT molecular complexity index is 1500. The van der Waals surface area contributed by atoms with Crippen LogP contribution in [0.2, 0.25) is 5.02 Å². The topological polar surface area (TPSA) is 131 Å². The third-order valence-electron chi connectivity index (χ3n) is 8.32. The number of carboxylic acids is 1. The average Bonchev–Trinajstić information content (AvgIpc) is 3.51. The van der Waals surface area contributed by atoms with Crippen LogP contribution < -0.4 is 20.7 Å². The number of anilines is 2. The van der Waals surface area contributed by atoms with Gasteiger partial charge in [-0.25, -0.2) is 4.68 Å². The number of carboxylic acid groups (broad SMARTS) is 1. The van der Waals surface area contributed by atoms with Crippen LogP contribution in [0.5, 0.6) is 5.88 Å². The predicted octanol–water partition coefficient (Wildman–Crippen LogP) is 5.34. The molecule has 3 atom stereocenters. The van der Waals surface area contributed by atoms with Gasteiger partial charge in [-0.05, 0) is 55.2 Å². The van der Waals surface area contributed by atoms with Gasteiger partial charge in [0.05, 0.1) is 11.4 Å². The number of halogens is 4.